The van der Waals surface area contributed by atoms with Crippen LogP contribution in [0.4, 0.5) is 0 Å². The average Bonchev–Trinajstić information content (AvgIpc) is 2.71. The predicted octanol–water partition coefficient (Wildman–Crippen LogP) is 2.37. The van der Waals surface area contributed by atoms with Crippen LogP contribution in [0.1, 0.15) is 18.9 Å². The van der Waals surface area contributed by atoms with E-state index in [1.165, 1.54) is 5.56 Å². The molecule has 0 aliphatic carbocycles. The van der Waals surface area contributed by atoms with Crippen LogP contribution in [-0.2, 0) is 13.5 Å². The lowest BCUT2D eigenvalue weighted by atomic mass is 10.0. The quantitative estimate of drug-likeness (QED) is 0.874. The first-order chi connectivity index (χ1) is 8.20. The number of benzene rings is 1. The van der Waals surface area contributed by atoms with Gasteiger partial charge in [0, 0.05) is 24.8 Å². The minimum absolute atomic E-state index is 0.210. The van der Waals surface area contributed by atoms with Crippen LogP contribution in [0, 0.1) is 0 Å². The van der Waals surface area contributed by atoms with Crippen molar-refractivity contribution in [1.82, 2.24) is 9.78 Å². The third kappa shape index (κ3) is 2.74. The second-order valence-electron chi connectivity index (χ2n) is 4.42. The highest BCUT2D eigenvalue weighted by Crippen LogP contribution is 2.22. The van der Waals surface area contributed by atoms with Crippen LogP contribution < -0.4 is 5.73 Å². The highest BCUT2D eigenvalue weighted by atomic mass is 15.2. The molecule has 1 aromatic carbocycles. The van der Waals surface area contributed by atoms with Gasteiger partial charge in [0.15, 0.2) is 0 Å². The Balaban J connectivity index is 2.34. The zero-order valence-corrected chi connectivity index (χ0v) is 10.4. The van der Waals surface area contributed by atoms with Crippen molar-refractivity contribution in [3.63, 3.8) is 0 Å². The highest BCUT2D eigenvalue weighted by molar-refractivity contribution is 5.62. The summed E-state index contributed by atoms with van der Waals surface area (Å²) in [5.41, 5.74) is 9.47. The lowest BCUT2D eigenvalue weighted by Gasteiger charge is -2.08. The Morgan fingerprint density at radius 3 is 2.65 bits per heavy atom. The maximum atomic E-state index is 6.02. The minimum Gasteiger partial charge on any atom is -0.327 e. The molecule has 1 aromatic heterocycles. The van der Waals surface area contributed by atoms with Gasteiger partial charge in [0.25, 0.3) is 0 Å². The fourth-order valence-electron chi connectivity index (χ4n) is 1.95. The number of hydrogen-bond donors (Lipinski definition) is 1. The highest BCUT2D eigenvalue weighted by Gasteiger charge is 2.12. The third-order valence-electron chi connectivity index (χ3n) is 2.96. The monoisotopic (exact) mass is 229 g/mol. The summed E-state index contributed by atoms with van der Waals surface area (Å²) in [6.07, 6.45) is 3.94. The van der Waals surface area contributed by atoms with Crippen molar-refractivity contribution in [1.29, 1.82) is 0 Å². The van der Waals surface area contributed by atoms with E-state index in [0.29, 0.717) is 0 Å². The van der Waals surface area contributed by atoms with E-state index in [1.807, 2.05) is 29.9 Å². The van der Waals surface area contributed by atoms with Crippen molar-refractivity contribution in [2.75, 3.05) is 0 Å². The van der Waals surface area contributed by atoms with E-state index in [1.54, 1.807) is 0 Å². The number of rotatable bonds is 4. The second kappa shape index (κ2) is 5.15. The lowest BCUT2D eigenvalue weighted by molar-refractivity contribution is 0.646. The molecule has 0 radical (unpaired) electrons. The molecule has 3 nitrogen and oxygen atoms in total. The van der Waals surface area contributed by atoms with Crippen LogP contribution >= 0.6 is 0 Å². The minimum atomic E-state index is 0.210. The first-order valence-electron chi connectivity index (χ1n) is 6.04. The van der Waals surface area contributed by atoms with Crippen LogP contribution in [0.3, 0.4) is 0 Å². The van der Waals surface area contributed by atoms with Gasteiger partial charge in [-0.05, 0) is 18.4 Å². The molecule has 0 fully saturated rings. The zero-order valence-electron chi connectivity index (χ0n) is 10.4. The van der Waals surface area contributed by atoms with Crippen molar-refractivity contribution in [3.8, 4) is 11.3 Å². The molecule has 1 atom stereocenters. The first-order valence-corrected chi connectivity index (χ1v) is 6.04. The van der Waals surface area contributed by atoms with Crippen molar-refractivity contribution in [2.45, 2.75) is 25.8 Å². The summed E-state index contributed by atoms with van der Waals surface area (Å²) in [7, 11) is 1.95. The Bertz CT molecular complexity index is 473. The molecule has 90 valence electrons. The molecule has 2 aromatic rings. The summed E-state index contributed by atoms with van der Waals surface area (Å²) < 4.78 is 1.86. The van der Waals surface area contributed by atoms with Crippen molar-refractivity contribution < 1.29 is 0 Å². The van der Waals surface area contributed by atoms with Gasteiger partial charge in [-0.2, -0.15) is 5.10 Å². The standard InChI is InChI=1S/C14H19N3/c1-3-13(15)9-12-10-17(2)16-14(12)11-7-5-4-6-8-11/h4-8,10,13H,3,9,15H2,1-2H3. The molecule has 17 heavy (non-hydrogen) atoms. The summed E-state index contributed by atoms with van der Waals surface area (Å²) in [5, 5.41) is 4.53. The van der Waals surface area contributed by atoms with E-state index in [0.717, 1.165) is 24.1 Å². The maximum Gasteiger partial charge on any atom is 0.0955 e. The molecule has 1 unspecified atom stereocenters. The summed E-state index contributed by atoms with van der Waals surface area (Å²) in [6, 6.07) is 10.5. The number of nitrogens with two attached hydrogens (primary N) is 1. The van der Waals surface area contributed by atoms with Crippen LogP contribution in [0.15, 0.2) is 36.5 Å². The second-order valence-corrected chi connectivity index (χ2v) is 4.42. The van der Waals surface area contributed by atoms with Crippen LogP contribution in [0.5, 0.6) is 0 Å². The molecule has 0 amide bonds. The fourth-order valence-corrected chi connectivity index (χ4v) is 1.95. The molecule has 1 heterocycles. The van der Waals surface area contributed by atoms with Crippen molar-refractivity contribution in [2.24, 2.45) is 12.8 Å². The molecule has 3 heteroatoms. The van der Waals surface area contributed by atoms with Gasteiger partial charge in [0.2, 0.25) is 0 Å². The van der Waals surface area contributed by atoms with Crippen LogP contribution in [-0.4, -0.2) is 15.8 Å². The van der Waals surface area contributed by atoms with E-state index < -0.39 is 0 Å². The first kappa shape index (κ1) is 11.9. The van der Waals surface area contributed by atoms with Gasteiger partial charge >= 0.3 is 0 Å². The summed E-state index contributed by atoms with van der Waals surface area (Å²) in [5.74, 6) is 0. The van der Waals surface area contributed by atoms with Gasteiger partial charge in [0.05, 0.1) is 5.69 Å². The molecule has 2 N–H and O–H groups in total. The molecule has 0 aliphatic heterocycles. The van der Waals surface area contributed by atoms with Crippen LogP contribution in [0.25, 0.3) is 11.3 Å². The molecule has 0 spiro atoms. The number of hydrogen-bond acceptors (Lipinski definition) is 2. The van der Waals surface area contributed by atoms with Crippen molar-refractivity contribution >= 4 is 0 Å². The molecule has 2 rings (SSSR count). The number of nitrogens with zero attached hydrogens (tertiary/aromatic N) is 2. The average molecular weight is 229 g/mol. The largest absolute Gasteiger partial charge is 0.327 e. The normalized spacial score (nSPS) is 12.6. The van der Waals surface area contributed by atoms with Crippen molar-refractivity contribution in [3.05, 3.63) is 42.1 Å². The Hall–Kier alpha value is -1.61. The molecule has 0 aliphatic rings. The van der Waals surface area contributed by atoms with Gasteiger partial charge in [0.1, 0.15) is 0 Å². The zero-order chi connectivity index (χ0) is 12.3. The smallest absolute Gasteiger partial charge is 0.0955 e. The summed E-state index contributed by atoms with van der Waals surface area (Å²) >= 11 is 0. The van der Waals surface area contributed by atoms with E-state index in [-0.39, 0.29) is 6.04 Å². The van der Waals surface area contributed by atoms with Gasteiger partial charge in [-0.25, -0.2) is 0 Å². The summed E-state index contributed by atoms with van der Waals surface area (Å²) in [6.45, 7) is 2.11. The van der Waals surface area contributed by atoms with E-state index in [2.05, 4.69) is 30.4 Å². The molecular weight excluding hydrogens is 210 g/mol. The number of aryl methyl sites for hydroxylation is 1. The van der Waals surface area contributed by atoms with Gasteiger partial charge in [-0.15, -0.1) is 0 Å². The number of aromatic nitrogens is 2. The Labute approximate surface area is 102 Å². The lowest BCUT2D eigenvalue weighted by Crippen LogP contribution is -2.21. The third-order valence-corrected chi connectivity index (χ3v) is 2.96. The SMILES string of the molecule is CCC(N)Cc1cn(C)nc1-c1ccccc1. The van der Waals surface area contributed by atoms with Crippen LogP contribution in [0.2, 0.25) is 0 Å². The maximum absolute atomic E-state index is 6.02. The fraction of sp³-hybridized carbons (Fsp3) is 0.357. The Morgan fingerprint density at radius 1 is 1.29 bits per heavy atom. The van der Waals surface area contributed by atoms with Gasteiger partial charge < -0.3 is 5.73 Å². The van der Waals surface area contributed by atoms with E-state index in [4.69, 9.17) is 5.73 Å². The van der Waals surface area contributed by atoms with Gasteiger partial charge in [-0.1, -0.05) is 37.3 Å². The Morgan fingerprint density at radius 2 is 2.00 bits per heavy atom. The predicted molar refractivity (Wildman–Crippen MR) is 70.6 cm³/mol. The summed E-state index contributed by atoms with van der Waals surface area (Å²) in [4.78, 5) is 0. The molecule has 0 saturated carbocycles. The van der Waals surface area contributed by atoms with Gasteiger partial charge in [-0.3, -0.25) is 4.68 Å². The molecular formula is C14H19N3. The van der Waals surface area contributed by atoms with E-state index >= 15 is 0 Å². The molecule has 0 saturated heterocycles. The topological polar surface area (TPSA) is 43.8 Å². The van der Waals surface area contributed by atoms with E-state index in [9.17, 15) is 0 Å². The Kier molecular flexibility index (Phi) is 3.59. The molecule has 0 bridgehead atoms.